The van der Waals surface area contributed by atoms with Crippen molar-refractivity contribution in [3.8, 4) is 23.3 Å². The predicted octanol–water partition coefficient (Wildman–Crippen LogP) is 3.92. The third-order valence-electron chi connectivity index (χ3n) is 2.69. The van der Waals surface area contributed by atoms with Gasteiger partial charge in [-0.2, -0.15) is 0 Å². The second-order valence-electron chi connectivity index (χ2n) is 4.34. The van der Waals surface area contributed by atoms with Gasteiger partial charge in [0.2, 0.25) is 0 Å². The molecule has 3 nitrogen and oxygen atoms in total. The Balaban J connectivity index is 2.32. The van der Waals surface area contributed by atoms with Gasteiger partial charge in [0.25, 0.3) is 0 Å². The highest BCUT2D eigenvalue weighted by Crippen LogP contribution is 2.28. The Morgan fingerprint density at radius 3 is 2.32 bits per heavy atom. The van der Waals surface area contributed by atoms with Gasteiger partial charge in [-0.3, -0.25) is 4.79 Å². The van der Waals surface area contributed by atoms with Crippen LogP contribution in [0.2, 0.25) is 0 Å². The van der Waals surface area contributed by atoms with Gasteiger partial charge in [0.15, 0.2) is 11.5 Å². The molecule has 0 unspecified atom stereocenters. The summed E-state index contributed by atoms with van der Waals surface area (Å²) in [6.45, 7) is 1.31. The maximum atomic E-state index is 13.2. The summed E-state index contributed by atoms with van der Waals surface area (Å²) in [5, 5.41) is 0. The van der Waals surface area contributed by atoms with E-state index in [1.165, 1.54) is 20.1 Å². The van der Waals surface area contributed by atoms with Crippen molar-refractivity contribution in [1.82, 2.24) is 0 Å². The average molecular weight is 363 g/mol. The molecule has 112 valence electrons. The summed E-state index contributed by atoms with van der Waals surface area (Å²) in [7, 11) is 1.49. The minimum atomic E-state index is -0.439. The van der Waals surface area contributed by atoms with Crippen LogP contribution in [0.5, 0.6) is 11.5 Å². The SMILES string of the molecule is COc1ccc(C#Cc2ccc(F)c(Br)c2)cc1OC(C)=O. The maximum absolute atomic E-state index is 13.2. The molecule has 0 N–H and O–H groups in total. The molecule has 0 bridgehead atoms. The zero-order valence-corrected chi connectivity index (χ0v) is 13.5. The molecule has 0 fully saturated rings. The maximum Gasteiger partial charge on any atom is 0.308 e. The summed E-state index contributed by atoms with van der Waals surface area (Å²) in [5.74, 6) is 5.83. The molecule has 0 saturated heterocycles. The number of carbonyl (C=O) groups excluding carboxylic acids is 1. The lowest BCUT2D eigenvalue weighted by molar-refractivity contribution is -0.132. The van der Waals surface area contributed by atoms with E-state index < -0.39 is 5.97 Å². The van der Waals surface area contributed by atoms with Crippen LogP contribution in [0.4, 0.5) is 4.39 Å². The first-order chi connectivity index (χ1) is 10.5. The number of methoxy groups -OCH3 is 1. The molecule has 2 aromatic carbocycles. The largest absolute Gasteiger partial charge is 0.493 e. The molecule has 0 amide bonds. The third-order valence-corrected chi connectivity index (χ3v) is 3.30. The number of carbonyl (C=O) groups is 1. The van der Waals surface area contributed by atoms with E-state index in [1.54, 1.807) is 30.3 Å². The zero-order valence-electron chi connectivity index (χ0n) is 11.9. The molecule has 0 radical (unpaired) electrons. The van der Waals surface area contributed by atoms with Crippen LogP contribution < -0.4 is 9.47 Å². The molecule has 5 heteroatoms. The number of esters is 1. The molecule has 0 aliphatic carbocycles. The fourth-order valence-corrected chi connectivity index (χ4v) is 2.09. The monoisotopic (exact) mass is 362 g/mol. The van der Waals surface area contributed by atoms with Crippen molar-refractivity contribution in [1.29, 1.82) is 0 Å². The summed E-state index contributed by atoms with van der Waals surface area (Å²) < 4.78 is 23.7. The number of hydrogen-bond donors (Lipinski definition) is 0. The lowest BCUT2D eigenvalue weighted by Crippen LogP contribution is -2.03. The molecule has 0 aromatic heterocycles. The van der Waals surface area contributed by atoms with E-state index in [2.05, 4.69) is 27.8 Å². The molecule has 0 saturated carbocycles. The van der Waals surface area contributed by atoms with Crippen molar-refractivity contribution in [2.75, 3.05) is 7.11 Å². The Hall–Kier alpha value is -2.32. The van der Waals surface area contributed by atoms with Gasteiger partial charge < -0.3 is 9.47 Å². The molecule has 0 spiro atoms. The standard InChI is InChI=1S/C17H12BrFO3/c1-11(20)22-17-10-13(6-8-16(17)21-2)4-3-12-5-7-15(19)14(18)9-12/h5-10H,1-2H3. The summed E-state index contributed by atoms with van der Waals surface area (Å²) in [4.78, 5) is 11.1. The van der Waals surface area contributed by atoms with Crippen LogP contribution in [0.15, 0.2) is 40.9 Å². The van der Waals surface area contributed by atoms with Gasteiger partial charge in [-0.05, 0) is 46.3 Å². The van der Waals surface area contributed by atoms with Crippen molar-refractivity contribution in [2.24, 2.45) is 0 Å². The Morgan fingerprint density at radius 2 is 1.73 bits per heavy atom. The Morgan fingerprint density at radius 1 is 1.09 bits per heavy atom. The van der Waals surface area contributed by atoms with E-state index >= 15 is 0 Å². The molecule has 0 aliphatic rings. The van der Waals surface area contributed by atoms with Gasteiger partial charge in [-0.15, -0.1) is 0 Å². The van der Waals surface area contributed by atoms with Gasteiger partial charge >= 0.3 is 5.97 Å². The Kier molecular flexibility index (Phi) is 5.18. The van der Waals surface area contributed by atoms with E-state index in [0.29, 0.717) is 27.1 Å². The highest BCUT2D eigenvalue weighted by atomic mass is 79.9. The number of hydrogen-bond acceptors (Lipinski definition) is 3. The second-order valence-corrected chi connectivity index (χ2v) is 5.19. The topological polar surface area (TPSA) is 35.5 Å². The molecule has 0 heterocycles. The fourth-order valence-electron chi connectivity index (χ4n) is 1.71. The Labute approximate surface area is 136 Å². The quantitative estimate of drug-likeness (QED) is 0.461. The smallest absolute Gasteiger partial charge is 0.308 e. The second kappa shape index (κ2) is 7.10. The van der Waals surface area contributed by atoms with E-state index in [1.807, 2.05) is 0 Å². The molecular formula is C17H12BrFO3. The van der Waals surface area contributed by atoms with Gasteiger partial charge in [-0.1, -0.05) is 11.8 Å². The van der Waals surface area contributed by atoms with Gasteiger partial charge in [-0.25, -0.2) is 4.39 Å². The number of halogens is 2. The van der Waals surface area contributed by atoms with Crippen LogP contribution in [-0.4, -0.2) is 13.1 Å². The third kappa shape index (κ3) is 4.09. The van der Waals surface area contributed by atoms with Crippen molar-refractivity contribution in [3.05, 3.63) is 57.8 Å². The normalized spacial score (nSPS) is 9.64. The fraction of sp³-hybridized carbons (Fsp3) is 0.118. The summed E-state index contributed by atoms with van der Waals surface area (Å²) >= 11 is 3.11. The molecule has 0 atom stereocenters. The van der Waals surface area contributed by atoms with Crippen LogP contribution >= 0.6 is 15.9 Å². The molecule has 2 aromatic rings. The van der Waals surface area contributed by atoms with Gasteiger partial charge in [0.1, 0.15) is 5.82 Å². The molecule has 0 aliphatic heterocycles. The summed E-state index contributed by atoms with van der Waals surface area (Å²) in [5.41, 5.74) is 1.32. The highest BCUT2D eigenvalue weighted by Gasteiger charge is 2.07. The molecular weight excluding hydrogens is 351 g/mol. The lowest BCUT2D eigenvalue weighted by atomic mass is 10.1. The van der Waals surface area contributed by atoms with Gasteiger partial charge in [0.05, 0.1) is 11.6 Å². The van der Waals surface area contributed by atoms with Gasteiger partial charge in [0, 0.05) is 24.1 Å². The number of benzene rings is 2. The first-order valence-corrected chi connectivity index (χ1v) is 7.12. The van der Waals surface area contributed by atoms with E-state index in [4.69, 9.17) is 9.47 Å². The Bertz CT molecular complexity index is 775. The minimum Gasteiger partial charge on any atom is -0.493 e. The van der Waals surface area contributed by atoms with Crippen molar-refractivity contribution in [3.63, 3.8) is 0 Å². The minimum absolute atomic E-state index is 0.307. The first-order valence-electron chi connectivity index (χ1n) is 6.33. The molecule has 22 heavy (non-hydrogen) atoms. The van der Waals surface area contributed by atoms with Crippen LogP contribution in [-0.2, 0) is 4.79 Å². The number of rotatable bonds is 2. The van der Waals surface area contributed by atoms with Crippen molar-refractivity contribution in [2.45, 2.75) is 6.92 Å². The van der Waals surface area contributed by atoms with Crippen LogP contribution in [0, 0.1) is 17.7 Å². The van der Waals surface area contributed by atoms with Crippen LogP contribution in [0.25, 0.3) is 0 Å². The molecule has 2 rings (SSSR count). The van der Waals surface area contributed by atoms with Crippen LogP contribution in [0.1, 0.15) is 18.1 Å². The van der Waals surface area contributed by atoms with E-state index in [9.17, 15) is 9.18 Å². The van der Waals surface area contributed by atoms with Crippen LogP contribution in [0.3, 0.4) is 0 Å². The first kappa shape index (κ1) is 16.1. The number of ether oxygens (including phenoxy) is 2. The van der Waals surface area contributed by atoms with Crippen molar-refractivity contribution >= 4 is 21.9 Å². The van der Waals surface area contributed by atoms with Crippen molar-refractivity contribution < 1.29 is 18.7 Å². The average Bonchev–Trinajstić information content (AvgIpc) is 2.48. The van der Waals surface area contributed by atoms with E-state index in [0.717, 1.165) is 0 Å². The lowest BCUT2D eigenvalue weighted by Gasteiger charge is -2.07. The highest BCUT2D eigenvalue weighted by molar-refractivity contribution is 9.10. The van der Waals surface area contributed by atoms with E-state index in [-0.39, 0.29) is 5.82 Å². The summed E-state index contributed by atoms with van der Waals surface area (Å²) in [6, 6.07) is 9.56. The summed E-state index contributed by atoms with van der Waals surface area (Å²) in [6.07, 6.45) is 0. The predicted molar refractivity (Wildman–Crippen MR) is 84.4 cm³/mol. The zero-order chi connectivity index (χ0) is 16.1.